The zero-order valence-electron chi connectivity index (χ0n) is 11.0. The van der Waals surface area contributed by atoms with Gasteiger partial charge in [0.15, 0.2) is 0 Å². The maximum atomic E-state index is 11.5. The molecule has 0 aliphatic carbocycles. The van der Waals surface area contributed by atoms with Crippen LogP contribution in [0.1, 0.15) is 31.9 Å². The maximum absolute atomic E-state index is 11.5. The highest BCUT2D eigenvalue weighted by molar-refractivity contribution is 5.81. The lowest BCUT2D eigenvalue weighted by molar-refractivity contribution is -0.126. The van der Waals surface area contributed by atoms with E-state index in [9.17, 15) is 4.79 Å². The Bertz CT molecular complexity index is 443. The number of amides is 1. The van der Waals surface area contributed by atoms with Crippen molar-refractivity contribution in [2.45, 2.75) is 26.3 Å². The largest absolute Gasteiger partial charge is 0.399 e. The van der Waals surface area contributed by atoms with Crippen LogP contribution in [0.2, 0.25) is 0 Å². The molecule has 0 aromatic heterocycles. The van der Waals surface area contributed by atoms with Gasteiger partial charge in [-0.05, 0) is 44.5 Å². The lowest BCUT2D eigenvalue weighted by Gasteiger charge is -2.26. The summed E-state index contributed by atoms with van der Waals surface area (Å²) < 4.78 is 0. The number of likely N-dealkylation sites (tertiary alicyclic amines) is 1. The Morgan fingerprint density at radius 2 is 2.00 bits per heavy atom. The molecular weight excluding hydrogens is 226 g/mol. The van der Waals surface area contributed by atoms with Crippen LogP contribution in [0.5, 0.6) is 0 Å². The quantitative estimate of drug-likeness (QED) is 0.796. The van der Waals surface area contributed by atoms with Gasteiger partial charge < -0.3 is 11.5 Å². The van der Waals surface area contributed by atoms with E-state index < -0.39 is 0 Å². The fourth-order valence-electron chi connectivity index (χ4n) is 2.51. The van der Waals surface area contributed by atoms with Gasteiger partial charge in [-0.1, -0.05) is 12.1 Å². The smallest absolute Gasteiger partial charge is 0.224 e. The van der Waals surface area contributed by atoms with Gasteiger partial charge in [0.2, 0.25) is 5.91 Å². The lowest BCUT2D eigenvalue weighted by Crippen LogP contribution is -2.37. The van der Waals surface area contributed by atoms with Crippen molar-refractivity contribution in [3.63, 3.8) is 0 Å². The van der Waals surface area contributed by atoms with Crippen molar-refractivity contribution in [3.05, 3.63) is 29.8 Å². The molecule has 0 saturated carbocycles. The normalized spacial score (nSPS) is 26.1. The van der Waals surface area contributed by atoms with E-state index in [0.29, 0.717) is 0 Å². The summed E-state index contributed by atoms with van der Waals surface area (Å²) in [5.74, 6) is -0.200. The summed E-state index contributed by atoms with van der Waals surface area (Å²) in [6.45, 7) is 5.74. The first-order valence-electron chi connectivity index (χ1n) is 6.32. The number of carbonyl (C=O) groups is 1. The van der Waals surface area contributed by atoms with Crippen LogP contribution in [0.3, 0.4) is 0 Å². The van der Waals surface area contributed by atoms with Gasteiger partial charge in [-0.15, -0.1) is 0 Å². The van der Waals surface area contributed by atoms with E-state index in [1.807, 2.05) is 31.2 Å². The van der Waals surface area contributed by atoms with Crippen molar-refractivity contribution in [2.24, 2.45) is 11.1 Å². The second-order valence-corrected chi connectivity index (χ2v) is 5.49. The fourth-order valence-corrected chi connectivity index (χ4v) is 2.51. The Balaban J connectivity index is 2.10. The molecule has 0 radical (unpaired) electrons. The SMILES string of the molecule is CC(c1ccc(N)cc1)N1CCC(C)(C(N)=O)C1. The minimum atomic E-state index is -0.387. The molecule has 1 aliphatic heterocycles. The molecule has 98 valence electrons. The number of hydrogen-bond donors (Lipinski definition) is 2. The number of nitrogens with zero attached hydrogens (tertiary/aromatic N) is 1. The van der Waals surface area contributed by atoms with Gasteiger partial charge in [0.25, 0.3) is 0 Å². The van der Waals surface area contributed by atoms with Crippen molar-refractivity contribution in [1.82, 2.24) is 4.90 Å². The summed E-state index contributed by atoms with van der Waals surface area (Å²) in [7, 11) is 0. The van der Waals surface area contributed by atoms with Crippen LogP contribution in [-0.2, 0) is 4.79 Å². The number of carbonyl (C=O) groups excluding carboxylic acids is 1. The highest BCUT2D eigenvalue weighted by atomic mass is 16.1. The summed E-state index contributed by atoms with van der Waals surface area (Å²) in [5.41, 5.74) is 12.8. The average molecular weight is 247 g/mol. The van der Waals surface area contributed by atoms with Crippen molar-refractivity contribution < 1.29 is 4.79 Å². The number of rotatable bonds is 3. The van der Waals surface area contributed by atoms with Crippen LogP contribution < -0.4 is 11.5 Å². The molecular formula is C14H21N3O. The van der Waals surface area contributed by atoms with Crippen LogP contribution in [0.15, 0.2) is 24.3 Å². The summed E-state index contributed by atoms with van der Waals surface area (Å²) in [6, 6.07) is 8.19. The highest BCUT2D eigenvalue weighted by Gasteiger charge is 2.40. The first-order valence-corrected chi connectivity index (χ1v) is 6.32. The van der Waals surface area contributed by atoms with E-state index in [1.165, 1.54) is 5.56 Å². The van der Waals surface area contributed by atoms with E-state index in [1.54, 1.807) is 0 Å². The summed E-state index contributed by atoms with van der Waals surface area (Å²) in [6.07, 6.45) is 0.835. The van der Waals surface area contributed by atoms with Gasteiger partial charge in [0.1, 0.15) is 0 Å². The zero-order valence-corrected chi connectivity index (χ0v) is 11.0. The predicted octanol–water partition coefficient (Wildman–Crippen LogP) is 1.53. The van der Waals surface area contributed by atoms with Crippen LogP contribution in [0.25, 0.3) is 0 Å². The minimum absolute atomic E-state index is 0.200. The molecule has 0 spiro atoms. The number of benzene rings is 1. The third kappa shape index (κ3) is 2.34. The van der Waals surface area contributed by atoms with Crippen LogP contribution in [0, 0.1) is 5.41 Å². The molecule has 1 saturated heterocycles. The highest BCUT2D eigenvalue weighted by Crippen LogP contribution is 2.34. The molecule has 4 nitrogen and oxygen atoms in total. The third-order valence-corrected chi connectivity index (χ3v) is 4.06. The number of anilines is 1. The lowest BCUT2D eigenvalue weighted by atomic mass is 9.89. The molecule has 2 atom stereocenters. The van der Waals surface area contributed by atoms with Gasteiger partial charge in [0.05, 0.1) is 5.41 Å². The van der Waals surface area contributed by atoms with E-state index in [-0.39, 0.29) is 17.4 Å². The predicted molar refractivity (Wildman–Crippen MR) is 72.8 cm³/mol. The van der Waals surface area contributed by atoms with Crippen molar-refractivity contribution in [1.29, 1.82) is 0 Å². The molecule has 1 aliphatic rings. The second-order valence-electron chi connectivity index (χ2n) is 5.49. The van der Waals surface area contributed by atoms with E-state index in [0.717, 1.165) is 25.2 Å². The van der Waals surface area contributed by atoms with Gasteiger partial charge in [-0.3, -0.25) is 9.69 Å². The Morgan fingerprint density at radius 3 is 2.50 bits per heavy atom. The monoisotopic (exact) mass is 247 g/mol. The molecule has 1 aromatic rings. The number of nitrogens with two attached hydrogens (primary N) is 2. The van der Waals surface area contributed by atoms with E-state index in [4.69, 9.17) is 11.5 Å². The fraction of sp³-hybridized carbons (Fsp3) is 0.500. The van der Waals surface area contributed by atoms with Crippen LogP contribution in [0.4, 0.5) is 5.69 Å². The first kappa shape index (κ1) is 12.9. The van der Waals surface area contributed by atoms with Gasteiger partial charge >= 0.3 is 0 Å². The topological polar surface area (TPSA) is 72.3 Å². The molecule has 1 aromatic carbocycles. The summed E-state index contributed by atoms with van der Waals surface area (Å²) in [4.78, 5) is 13.8. The van der Waals surface area contributed by atoms with Gasteiger partial charge in [-0.2, -0.15) is 0 Å². The molecule has 1 fully saturated rings. The maximum Gasteiger partial charge on any atom is 0.224 e. The van der Waals surface area contributed by atoms with Gasteiger partial charge in [0, 0.05) is 18.3 Å². The molecule has 1 amide bonds. The van der Waals surface area contributed by atoms with Crippen LogP contribution in [-0.4, -0.2) is 23.9 Å². The number of nitrogen functional groups attached to an aromatic ring is 1. The molecule has 2 unspecified atom stereocenters. The Morgan fingerprint density at radius 1 is 1.39 bits per heavy atom. The second kappa shape index (κ2) is 4.61. The van der Waals surface area contributed by atoms with Crippen molar-refractivity contribution >= 4 is 11.6 Å². The first-order chi connectivity index (χ1) is 8.42. The standard InChI is InChI=1S/C14H21N3O/c1-10(11-3-5-12(15)6-4-11)17-8-7-14(2,9-17)13(16)18/h3-6,10H,7-9,15H2,1-2H3,(H2,16,18). The summed E-state index contributed by atoms with van der Waals surface area (Å²) in [5, 5.41) is 0. The third-order valence-electron chi connectivity index (χ3n) is 4.06. The molecule has 2 rings (SSSR count). The average Bonchev–Trinajstić information content (AvgIpc) is 2.73. The Labute approximate surface area is 108 Å². The molecule has 18 heavy (non-hydrogen) atoms. The number of hydrogen-bond acceptors (Lipinski definition) is 3. The molecule has 0 bridgehead atoms. The molecule has 1 heterocycles. The minimum Gasteiger partial charge on any atom is -0.399 e. The molecule has 4 N–H and O–H groups in total. The summed E-state index contributed by atoms with van der Waals surface area (Å²) >= 11 is 0. The van der Waals surface area contributed by atoms with Crippen molar-refractivity contribution in [3.8, 4) is 0 Å². The Hall–Kier alpha value is -1.55. The van der Waals surface area contributed by atoms with Gasteiger partial charge in [-0.25, -0.2) is 0 Å². The molecule has 4 heteroatoms. The zero-order chi connectivity index (χ0) is 13.3. The van der Waals surface area contributed by atoms with Crippen molar-refractivity contribution in [2.75, 3.05) is 18.8 Å². The Kier molecular flexibility index (Phi) is 3.30. The number of primary amides is 1. The van der Waals surface area contributed by atoms with E-state index in [2.05, 4.69) is 11.8 Å². The van der Waals surface area contributed by atoms with E-state index >= 15 is 0 Å². The van der Waals surface area contributed by atoms with Crippen LogP contribution >= 0.6 is 0 Å².